The lowest BCUT2D eigenvalue weighted by Crippen LogP contribution is -2.30. The molecule has 2 amide bonds. The topological polar surface area (TPSA) is 77.1 Å². The van der Waals surface area contributed by atoms with Crippen LogP contribution in [-0.4, -0.2) is 42.8 Å². The molecule has 2 aromatic carbocycles. The lowest BCUT2D eigenvalue weighted by Gasteiger charge is -2.22. The van der Waals surface area contributed by atoms with E-state index in [9.17, 15) is 9.59 Å². The molecule has 0 saturated heterocycles. The first-order chi connectivity index (χ1) is 14.7. The molecule has 0 aromatic heterocycles. The fourth-order valence-electron chi connectivity index (χ4n) is 2.93. The summed E-state index contributed by atoms with van der Waals surface area (Å²) in [6.07, 6.45) is -0.536. The highest BCUT2D eigenvalue weighted by molar-refractivity contribution is 5.95. The van der Waals surface area contributed by atoms with E-state index in [4.69, 9.17) is 14.2 Å². The SMILES string of the molecule is CCOc1ccc(CN(CC)C(=O)c2ccc(NC(=O)OC(C)(C)C)cc2)cc1OC. The second-order valence-electron chi connectivity index (χ2n) is 7.94. The molecule has 168 valence electrons. The molecule has 0 aliphatic carbocycles. The number of ether oxygens (including phenoxy) is 3. The van der Waals surface area contributed by atoms with Crippen LogP contribution in [0.5, 0.6) is 11.5 Å². The third kappa shape index (κ3) is 7.20. The molecule has 0 aliphatic rings. The Morgan fingerprint density at radius 3 is 2.23 bits per heavy atom. The van der Waals surface area contributed by atoms with E-state index in [2.05, 4.69) is 5.32 Å². The van der Waals surface area contributed by atoms with Gasteiger partial charge < -0.3 is 19.1 Å². The molecular weight excluding hydrogens is 396 g/mol. The Hall–Kier alpha value is -3.22. The minimum atomic E-state index is -0.578. The van der Waals surface area contributed by atoms with Crippen molar-refractivity contribution in [2.24, 2.45) is 0 Å². The molecule has 0 atom stereocenters. The van der Waals surface area contributed by atoms with E-state index in [1.54, 1.807) is 57.0 Å². The minimum absolute atomic E-state index is 0.0980. The van der Waals surface area contributed by atoms with Crippen LogP contribution >= 0.6 is 0 Å². The summed E-state index contributed by atoms with van der Waals surface area (Å²) in [7, 11) is 1.59. The number of nitrogens with zero attached hydrogens (tertiary/aromatic N) is 1. The number of carbonyl (C=O) groups is 2. The number of hydrogen-bond acceptors (Lipinski definition) is 5. The van der Waals surface area contributed by atoms with Gasteiger partial charge in [0.05, 0.1) is 13.7 Å². The lowest BCUT2D eigenvalue weighted by molar-refractivity contribution is 0.0635. The van der Waals surface area contributed by atoms with Crippen LogP contribution in [0, 0.1) is 0 Å². The summed E-state index contributed by atoms with van der Waals surface area (Å²) in [5.41, 5.74) is 1.46. The average molecular weight is 429 g/mol. The normalized spacial score (nSPS) is 10.9. The van der Waals surface area contributed by atoms with Crippen LogP contribution in [0.3, 0.4) is 0 Å². The van der Waals surface area contributed by atoms with Gasteiger partial charge in [0.15, 0.2) is 11.5 Å². The van der Waals surface area contributed by atoms with E-state index < -0.39 is 11.7 Å². The quantitative estimate of drug-likeness (QED) is 0.633. The van der Waals surface area contributed by atoms with E-state index in [1.165, 1.54) is 0 Å². The maximum Gasteiger partial charge on any atom is 0.412 e. The molecule has 0 aliphatic heterocycles. The van der Waals surface area contributed by atoms with Gasteiger partial charge in [-0.3, -0.25) is 10.1 Å². The largest absolute Gasteiger partial charge is 0.493 e. The van der Waals surface area contributed by atoms with Gasteiger partial charge in [0, 0.05) is 24.3 Å². The summed E-state index contributed by atoms with van der Waals surface area (Å²) in [5, 5.41) is 2.66. The van der Waals surface area contributed by atoms with E-state index in [0.29, 0.717) is 42.4 Å². The van der Waals surface area contributed by atoms with Crippen LogP contribution in [-0.2, 0) is 11.3 Å². The maximum absolute atomic E-state index is 13.0. The van der Waals surface area contributed by atoms with Crippen LogP contribution < -0.4 is 14.8 Å². The first-order valence-electron chi connectivity index (χ1n) is 10.4. The highest BCUT2D eigenvalue weighted by atomic mass is 16.6. The summed E-state index contributed by atoms with van der Waals surface area (Å²) in [6.45, 7) is 10.8. The Morgan fingerprint density at radius 2 is 1.68 bits per heavy atom. The summed E-state index contributed by atoms with van der Waals surface area (Å²) in [4.78, 5) is 26.6. The van der Waals surface area contributed by atoms with E-state index in [1.807, 2.05) is 32.0 Å². The van der Waals surface area contributed by atoms with Gasteiger partial charge in [-0.1, -0.05) is 6.07 Å². The molecule has 7 nitrogen and oxygen atoms in total. The average Bonchev–Trinajstić information content (AvgIpc) is 2.71. The Labute approximate surface area is 184 Å². The number of hydrogen-bond donors (Lipinski definition) is 1. The van der Waals surface area contributed by atoms with Crippen molar-refractivity contribution in [2.45, 2.75) is 46.8 Å². The Kier molecular flexibility index (Phi) is 8.30. The number of carbonyl (C=O) groups excluding carboxylic acids is 2. The van der Waals surface area contributed by atoms with Crippen LogP contribution in [0.25, 0.3) is 0 Å². The zero-order valence-corrected chi connectivity index (χ0v) is 19.2. The summed E-state index contributed by atoms with van der Waals surface area (Å²) < 4.78 is 16.2. The standard InChI is InChI=1S/C24H32N2O5/c1-7-26(16-17-9-14-20(30-8-2)21(15-17)29-6)22(27)18-10-12-19(13-11-18)25-23(28)31-24(3,4)5/h9-15H,7-8,16H2,1-6H3,(H,25,28). The molecule has 0 spiro atoms. The number of rotatable bonds is 8. The predicted octanol–water partition coefficient (Wildman–Crippen LogP) is 5.10. The Balaban J connectivity index is 2.07. The molecule has 31 heavy (non-hydrogen) atoms. The highest BCUT2D eigenvalue weighted by Crippen LogP contribution is 2.28. The van der Waals surface area contributed by atoms with Crippen LogP contribution in [0.15, 0.2) is 42.5 Å². The molecule has 7 heteroatoms. The van der Waals surface area contributed by atoms with Crippen molar-refractivity contribution < 1.29 is 23.8 Å². The van der Waals surface area contributed by atoms with Crippen molar-refractivity contribution in [3.63, 3.8) is 0 Å². The zero-order chi connectivity index (χ0) is 23.0. The van der Waals surface area contributed by atoms with Gasteiger partial charge in [-0.15, -0.1) is 0 Å². The van der Waals surface area contributed by atoms with Gasteiger partial charge in [0.2, 0.25) is 0 Å². The van der Waals surface area contributed by atoms with Crippen molar-refractivity contribution in [3.05, 3.63) is 53.6 Å². The number of methoxy groups -OCH3 is 1. The molecule has 2 rings (SSSR count). The third-order valence-electron chi connectivity index (χ3n) is 4.35. The molecule has 0 radical (unpaired) electrons. The van der Waals surface area contributed by atoms with Gasteiger partial charge in [-0.2, -0.15) is 0 Å². The van der Waals surface area contributed by atoms with Crippen LogP contribution in [0.1, 0.15) is 50.5 Å². The Morgan fingerprint density at radius 1 is 1.00 bits per heavy atom. The third-order valence-corrected chi connectivity index (χ3v) is 4.35. The van der Waals surface area contributed by atoms with E-state index in [0.717, 1.165) is 5.56 Å². The Bertz CT molecular complexity index is 888. The summed E-state index contributed by atoms with van der Waals surface area (Å²) >= 11 is 0. The molecule has 2 aromatic rings. The van der Waals surface area contributed by atoms with Crippen LogP contribution in [0.4, 0.5) is 10.5 Å². The molecule has 0 unspecified atom stereocenters. The smallest absolute Gasteiger partial charge is 0.412 e. The van der Waals surface area contributed by atoms with E-state index in [-0.39, 0.29) is 5.91 Å². The fourth-order valence-corrected chi connectivity index (χ4v) is 2.93. The van der Waals surface area contributed by atoms with Crippen LogP contribution in [0.2, 0.25) is 0 Å². The van der Waals surface area contributed by atoms with Crippen molar-refractivity contribution >= 4 is 17.7 Å². The van der Waals surface area contributed by atoms with Gasteiger partial charge in [-0.25, -0.2) is 4.79 Å². The second kappa shape index (κ2) is 10.7. The monoisotopic (exact) mass is 428 g/mol. The van der Waals surface area contributed by atoms with Crippen molar-refractivity contribution in [2.75, 3.05) is 25.6 Å². The maximum atomic E-state index is 13.0. The first kappa shape index (κ1) is 24.1. The number of amides is 2. The molecule has 0 saturated carbocycles. The second-order valence-corrected chi connectivity index (χ2v) is 7.94. The highest BCUT2D eigenvalue weighted by Gasteiger charge is 2.18. The van der Waals surface area contributed by atoms with Gasteiger partial charge in [0.1, 0.15) is 5.60 Å². The van der Waals surface area contributed by atoms with Gasteiger partial charge >= 0.3 is 6.09 Å². The van der Waals surface area contributed by atoms with Gasteiger partial charge in [-0.05, 0) is 76.6 Å². The van der Waals surface area contributed by atoms with E-state index >= 15 is 0 Å². The van der Waals surface area contributed by atoms with Crippen molar-refractivity contribution in [3.8, 4) is 11.5 Å². The van der Waals surface area contributed by atoms with Crippen molar-refractivity contribution in [1.29, 1.82) is 0 Å². The number of nitrogens with one attached hydrogen (secondary N) is 1. The molecule has 0 bridgehead atoms. The van der Waals surface area contributed by atoms with Gasteiger partial charge in [0.25, 0.3) is 5.91 Å². The molecular formula is C24H32N2O5. The number of anilines is 1. The lowest BCUT2D eigenvalue weighted by atomic mass is 10.1. The minimum Gasteiger partial charge on any atom is -0.493 e. The fraction of sp³-hybridized carbons (Fsp3) is 0.417. The molecule has 1 N–H and O–H groups in total. The zero-order valence-electron chi connectivity index (χ0n) is 19.2. The summed E-state index contributed by atoms with van der Waals surface area (Å²) in [5.74, 6) is 1.22. The number of benzene rings is 2. The van der Waals surface area contributed by atoms with Crippen molar-refractivity contribution in [1.82, 2.24) is 4.90 Å². The molecule has 0 fully saturated rings. The predicted molar refractivity (Wildman–Crippen MR) is 121 cm³/mol. The molecule has 0 heterocycles. The summed E-state index contributed by atoms with van der Waals surface area (Å²) in [6, 6.07) is 12.4. The first-order valence-corrected chi connectivity index (χ1v) is 10.4.